The lowest BCUT2D eigenvalue weighted by Gasteiger charge is -2.08. The SMILES string of the molecule is c1ccc(CSC[C@@H]2CCCN2)nc1. The average Bonchev–Trinajstić information content (AvgIpc) is 2.72. The smallest absolute Gasteiger partial charge is 0.0502 e. The highest BCUT2D eigenvalue weighted by molar-refractivity contribution is 7.98. The minimum absolute atomic E-state index is 0.740. The maximum Gasteiger partial charge on any atom is 0.0502 e. The van der Waals surface area contributed by atoms with Crippen molar-refractivity contribution in [2.45, 2.75) is 24.6 Å². The first-order chi connectivity index (χ1) is 6.95. The molecule has 1 aromatic rings. The fraction of sp³-hybridized carbons (Fsp3) is 0.545. The largest absolute Gasteiger partial charge is 0.313 e. The Morgan fingerprint density at radius 3 is 3.21 bits per heavy atom. The van der Waals surface area contributed by atoms with E-state index in [1.165, 1.54) is 30.8 Å². The maximum absolute atomic E-state index is 4.30. The van der Waals surface area contributed by atoms with E-state index in [-0.39, 0.29) is 0 Å². The molecule has 1 saturated heterocycles. The van der Waals surface area contributed by atoms with Crippen molar-refractivity contribution in [3.8, 4) is 0 Å². The van der Waals surface area contributed by atoms with E-state index in [1.807, 2.05) is 24.0 Å². The third-order valence-corrected chi connectivity index (χ3v) is 3.60. The number of nitrogens with zero attached hydrogens (tertiary/aromatic N) is 1. The molecule has 0 radical (unpaired) electrons. The molecule has 0 bridgehead atoms. The molecule has 0 spiro atoms. The third kappa shape index (κ3) is 3.00. The zero-order valence-corrected chi connectivity index (χ0v) is 9.09. The van der Waals surface area contributed by atoms with Gasteiger partial charge in [0, 0.05) is 23.7 Å². The molecule has 0 aliphatic carbocycles. The van der Waals surface area contributed by atoms with E-state index in [2.05, 4.69) is 22.4 Å². The van der Waals surface area contributed by atoms with Crippen LogP contribution in [-0.4, -0.2) is 23.3 Å². The molecule has 1 fully saturated rings. The van der Waals surface area contributed by atoms with Crippen molar-refractivity contribution in [2.75, 3.05) is 12.3 Å². The summed E-state index contributed by atoms with van der Waals surface area (Å²) in [5, 5.41) is 3.50. The Balaban J connectivity index is 1.67. The molecule has 0 saturated carbocycles. The van der Waals surface area contributed by atoms with Gasteiger partial charge in [0.25, 0.3) is 0 Å². The summed E-state index contributed by atoms with van der Waals surface area (Å²) in [6.45, 7) is 1.20. The van der Waals surface area contributed by atoms with Gasteiger partial charge in [-0.25, -0.2) is 0 Å². The van der Waals surface area contributed by atoms with Gasteiger partial charge in [0.15, 0.2) is 0 Å². The van der Waals surface area contributed by atoms with E-state index in [0.29, 0.717) is 0 Å². The number of hydrogen-bond acceptors (Lipinski definition) is 3. The minimum atomic E-state index is 0.740. The van der Waals surface area contributed by atoms with Gasteiger partial charge in [-0.15, -0.1) is 0 Å². The summed E-state index contributed by atoms with van der Waals surface area (Å²) in [4.78, 5) is 4.30. The van der Waals surface area contributed by atoms with Crippen LogP contribution >= 0.6 is 11.8 Å². The molecule has 1 aliphatic heterocycles. The van der Waals surface area contributed by atoms with Crippen LogP contribution in [0.3, 0.4) is 0 Å². The molecule has 0 unspecified atom stereocenters. The maximum atomic E-state index is 4.30. The summed E-state index contributed by atoms with van der Waals surface area (Å²) in [6, 6.07) is 6.85. The quantitative estimate of drug-likeness (QED) is 0.820. The summed E-state index contributed by atoms with van der Waals surface area (Å²) < 4.78 is 0. The van der Waals surface area contributed by atoms with Crippen LogP contribution in [0.1, 0.15) is 18.5 Å². The number of pyridine rings is 1. The van der Waals surface area contributed by atoms with Gasteiger partial charge in [0.05, 0.1) is 5.69 Å². The number of nitrogens with one attached hydrogen (secondary N) is 1. The lowest BCUT2D eigenvalue weighted by molar-refractivity contribution is 0.674. The number of aromatic nitrogens is 1. The minimum Gasteiger partial charge on any atom is -0.313 e. The molecule has 1 atom stereocenters. The number of rotatable bonds is 4. The van der Waals surface area contributed by atoms with Gasteiger partial charge in [0.1, 0.15) is 0 Å². The van der Waals surface area contributed by atoms with E-state index in [0.717, 1.165) is 11.8 Å². The van der Waals surface area contributed by atoms with Crippen molar-refractivity contribution in [1.82, 2.24) is 10.3 Å². The third-order valence-electron chi connectivity index (χ3n) is 2.46. The monoisotopic (exact) mass is 208 g/mol. The molecule has 0 amide bonds. The molecular formula is C11H16N2S. The fourth-order valence-corrected chi connectivity index (χ4v) is 2.76. The lowest BCUT2D eigenvalue weighted by Crippen LogP contribution is -2.23. The second kappa shape index (κ2) is 5.37. The van der Waals surface area contributed by atoms with Crippen LogP contribution in [0, 0.1) is 0 Å². The summed E-state index contributed by atoms with van der Waals surface area (Å²) in [5.74, 6) is 2.26. The van der Waals surface area contributed by atoms with Crippen LogP contribution in [0.15, 0.2) is 24.4 Å². The highest BCUT2D eigenvalue weighted by Crippen LogP contribution is 2.15. The average molecular weight is 208 g/mol. The predicted octanol–water partition coefficient (Wildman–Crippen LogP) is 2.07. The van der Waals surface area contributed by atoms with Crippen LogP contribution in [0.25, 0.3) is 0 Å². The van der Waals surface area contributed by atoms with Gasteiger partial charge >= 0.3 is 0 Å². The molecule has 1 N–H and O–H groups in total. The molecule has 14 heavy (non-hydrogen) atoms. The summed E-state index contributed by atoms with van der Waals surface area (Å²) >= 11 is 1.98. The predicted molar refractivity (Wildman–Crippen MR) is 61.4 cm³/mol. The first-order valence-corrected chi connectivity index (χ1v) is 6.31. The first-order valence-electron chi connectivity index (χ1n) is 5.16. The normalized spacial score (nSPS) is 21.3. The van der Waals surface area contributed by atoms with E-state index < -0.39 is 0 Å². The van der Waals surface area contributed by atoms with E-state index in [9.17, 15) is 0 Å². The number of hydrogen-bond donors (Lipinski definition) is 1. The highest BCUT2D eigenvalue weighted by atomic mass is 32.2. The Kier molecular flexibility index (Phi) is 3.83. The lowest BCUT2D eigenvalue weighted by atomic mass is 10.3. The second-order valence-corrected chi connectivity index (χ2v) is 4.66. The second-order valence-electron chi connectivity index (χ2n) is 3.63. The summed E-state index contributed by atoms with van der Waals surface area (Å²) in [6.07, 6.45) is 4.55. The van der Waals surface area contributed by atoms with Gasteiger partial charge in [-0.3, -0.25) is 4.98 Å². The Morgan fingerprint density at radius 1 is 1.50 bits per heavy atom. The van der Waals surface area contributed by atoms with Gasteiger partial charge in [-0.05, 0) is 31.5 Å². The number of thioether (sulfide) groups is 1. The van der Waals surface area contributed by atoms with Crippen molar-refractivity contribution in [3.05, 3.63) is 30.1 Å². The molecule has 2 nitrogen and oxygen atoms in total. The van der Waals surface area contributed by atoms with Crippen molar-refractivity contribution in [3.63, 3.8) is 0 Å². The van der Waals surface area contributed by atoms with Crippen molar-refractivity contribution < 1.29 is 0 Å². The van der Waals surface area contributed by atoms with Gasteiger partial charge in [-0.2, -0.15) is 11.8 Å². The Morgan fingerprint density at radius 2 is 2.50 bits per heavy atom. The molecular weight excluding hydrogens is 192 g/mol. The van der Waals surface area contributed by atoms with Gasteiger partial charge < -0.3 is 5.32 Å². The zero-order chi connectivity index (χ0) is 9.64. The van der Waals surface area contributed by atoms with Crippen molar-refractivity contribution in [1.29, 1.82) is 0 Å². The molecule has 2 heterocycles. The van der Waals surface area contributed by atoms with Crippen molar-refractivity contribution >= 4 is 11.8 Å². The molecule has 0 aromatic carbocycles. The van der Waals surface area contributed by atoms with Gasteiger partial charge in [-0.1, -0.05) is 6.07 Å². The van der Waals surface area contributed by atoms with Crippen molar-refractivity contribution in [2.24, 2.45) is 0 Å². The molecule has 76 valence electrons. The van der Waals surface area contributed by atoms with Crippen LogP contribution in [0.2, 0.25) is 0 Å². The Labute approximate surface area is 89.5 Å². The standard InChI is InChI=1S/C11H16N2S/c1-2-6-12-10(4-1)8-14-9-11-5-3-7-13-11/h1-2,4,6,11,13H,3,5,7-9H2/t11-/m0/s1. The molecule has 1 aliphatic rings. The first kappa shape index (κ1) is 9.99. The van der Waals surface area contributed by atoms with Crippen LogP contribution in [-0.2, 0) is 5.75 Å². The zero-order valence-electron chi connectivity index (χ0n) is 8.28. The van der Waals surface area contributed by atoms with Crippen LogP contribution < -0.4 is 5.32 Å². The molecule has 3 heteroatoms. The highest BCUT2D eigenvalue weighted by Gasteiger charge is 2.13. The fourth-order valence-electron chi connectivity index (χ4n) is 1.69. The Hall–Kier alpha value is -0.540. The van der Waals surface area contributed by atoms with Gasteiger partial charge in [0.2, 0.25) is 0 Å². The molecule has 1 aromatic heterocycles. The van der Waals surface area contributed by atoms with E-state index in [1.54, 1.807) is 0 Å². The van der Waals surface area contributed by atoms with E-state index >= 15 is 0 Å². The Bertz CT molecular complexity index is 257. The van der Waals surface area contributed by atoms with Crippen LogP contribution in [0.5, 0.6) is 0 Å². The van der Waals surface area contributed by atoms with E-state index in [4.69, 9.17) is 0 Å². The topological polar surface area (TPSA) is 24.9 Å². The van der Waals surface area contributed by atoms with Crippen LogP contribution in [0.4, 0.5) is 0 Å². The summed E-state index contributed by atoms with van der Waals surface area (Å²) in [5.41, 5.74) is 1.19. The molecule has 2 rings (SSSR count). The summed E-state index contributed by atoms with van der Waals surface area (Å²) in [7, 11) is 0.